The molecule has 4 nitrogen and oxygen atoms in total. The smallest absolute Gasteiger partial charge is 0.331 e. The average molecular weight is 291 g/mol. The summed E-state index contributed by atoms with van der Waals surface area (Å²) in [5.41, 5.74) is 1.36. The van der Waals surface area contributed by atoms with Crippen molar-refractivity contribution in [3.63, 3.8) is 0 Å². The number of carboxylic acid groups (broad SMARTS) is 1. The van der Waals surface area contributed by atoms with Crippen molar-refractivity contribution >= 4 is 18.0 Å². The number of hydrogen-bond acceptors (Lipinski definition) is 2. The Morgan fingerprint density at radius 1 is 1.43 bits per heavy atom. The van der Waals surface area contributed by atoms with Gasteiger partial charge in [-0.15, -0.1) is 0 Å². The molecule has 0 aromatic heterocycles. The summed E-state index contributed by atoms with van der Waals surface area (Å²) in [7, 11) is 0. The van der Waals surface area contributed by atoms with Gasteiger partial charge in [0.2, 0.25) is 5.91 Å². The van der Waals surface area contributed by atoms with E-state index in [9.17, 15) is 19.1 Å². The van der Waals surface area contributed by atoms with Crippen molar-refractivity contribution in [3.8, 4) is 0 Å². The largest absolute Gasteiger partial charge is 0.478 e. The van der Waals surface area contributed by atoms with Crippen LogP contribution in [-0.2, 0) is 9.59 Å². The summed E-state index contributed by atoms with van der Waals surface area (Å²) in [6, 6.07) is 4.49. The number of halogens is 1. The Balaban J connectivity index is 2.85. The Morgan fingerprint density at radius 2 is 2.10 bits per heavy atom. The molecule has 0 spiro atoms. The van der Waals surface area contributed by atoms with Crippen LogP contribution in [0.25, 0.3) is 6.08 Å². The lowest BCUT2D eigenvalue weighted by Crippen LogP contribution is -2.25. The number of aliphatic carboxylic acids is 1. The van der Waals surface area contributed by atoms with Crippen molar-refractivity contribution < 1.29 is 19.1 Å². The van der Waals surface area contributed by atoms with E-state index in [-0.39, 0.29) is 30.3 Å². The van der Waals surface area contributed by atoms with E-state index < -0.39 is 5.97 Å². The lowest BCUT2D eigenvalue weighted by molar-refractivity contribution is -0.132. The van der Waals surface area contributed by atoms with E-state index >= 15 is 0 Å². The first kappa shape index (κ1) is 16.6. The minimum atomic E-state index is -1.09. The molecule has 1 aromatic carbocycles. The molecule has 112 valence electrons. The Morgan fingerprint density at radius 3 is 2.67 bits per heavy atom. The Bertz CT molecular complexity index is 606. The zero-order valence-corrected chi connectivity index (χ0v) is 12.1. The number of hydrogen-bond donors (Lipinski definition) is 2. The fourth-order valence-corrected chi connectivity index (χ4v) is 1.67. The van der Waals surface area contributed by atoms with Crippen molar-refractivity contribution in [1.29, 1.82) is 0 Å². The van der Waals surface area contributed by atoms with Gasteiger partial charge in [0.25, 0.3) is 0 Å². The minimum absolute atomic E-state index is 0.103. The van der Waals surface area contributed by atoms with Crippen LogP contribution in [0.3, 0.4) is 0 Å². The van der Waals surface area contributed by atoms with Gasteiger partial charge in [-0.25, -0.2) is 9.18 Å². The van der Waals surface area contributed by atoms with E-state index in [2.05, 4.69) is 11.9 Å². The van der Waals surface area contributed by atoms with E-state index in [1.165, 1.54) is 18.2 Å². The fraction of sp³-hybridized carbons (Fsp3) is 0.250. The third-order valence-corrected chi connectivity index (χ3v) is 2.98. The fourth-order valence-electron chi connectivity index (χ4n) is 1.67. The highest BCUT2D eigenvalue weighted by Crippen LogP contribution is 2.17. The van der Waals surface area contributed by atoms with Crippen molar-refractivity contribution in [3.05, 3.63) is 52.9 Å². The zero-order valence-electron chi connectivity index (χ0n) is 12.1. The lowest BCUT2D eigenvalue weighted by atomic mass is 10.0. The maximum absolute atomic E-state index is 13.4. The molecular weight excluding hydrogens is 273 g/mol. The summed E-state index contributed by atoms with van der Waals surface area (Å²) in [4.78, 5) is 22.5. The first-order valence-electron chi connectivity index (χ1n) is 6.45. The first-order valence-corrected chi connectivity index (χ1v) is 6.45. The van der Waals surface area contributed by atoms with Crippen LogP contribution >= 0.6 is 0 Å². The molecular formula is C16H18FNO3. The van der Waals surface area contributed by atoms with E-state index in [4.69, 9.17) is 0 Å². The number of benzene rings is 1. The number of rotatable bonds is 6. The van der Waals surface area contributed by atoms with Crippen LogP contribution in [0.4, 0.5) is 4.39 Å². The van der Waals surface area contributed by atoms with Gasteiger partial charge in [-0.05, 0) is 43.5 Å². The van der Waals surface area contributed by atoms with Crippen molar-refractivity contribution in [2.75, 3.05) is 6.54 Å². The van der Waals surface area contributed by atoms with Crippen LogP contribution in [0.5, 0.6) is 0 Å². The standard InChI is InChI=1S/C16H18FNO3/c1-10(2)15(19)18-8-7-13(16(20)21)9-12-5-4-6-14(17)11(12)3/h4-6,9H,1,7-8H2,2-3H3,(H,18,19)(H,20,21)/b13-9+. The Labute approximate surface area is 123 Å². The van der Waals surface area contributed by atoms with Crippen LogP contribution in [0, 0.1) is 12.7 Å². The maximum Gasteiger partial charge on any atom is 0.331 e. The van der Waals surface area contributed by atoms with E-state index in [1.807, 2.05) is 0 Å². The third kappa shape index (κ3) is 4.87. The predicted octanol–water partition coefficient (Wildman–Crippen LogP) is 2.68. The normalized spacial score (nSPS) is 11.1. The lowest BCUT2D eigenvalue weighted by Gasteiger charge is -2.07. The number of carbonyl (C=O) groups is 2. The molecule has 5 heteroatoms. The van der Waals surface area contributed by atoms with Crippen molar-refractivity contribution in [2.45, 2.75) is 20.3 Å². The van der Waals surface area contributed by atoms with Gasteiger partial charge in [0.1, 0.15) is 5.82 Å². The second-order valence-electron chi connectivity index (χ2n) is 4.72. The van der Waals surface area contributed by atoms with Gasteiger partial charge >= 0.3 is 5.97 Å². The highest BCUT2D eigenvalue weighted by molar-refractivity contribution is 5.93. The summed E-state index contributed by atoms with van der Waals surface area (Å²) < 4.78 is 13.4. The topological polar surface area (TPSA) is 66.4 Å². The van der Waals surface area contributed by atoms with E-state index in [0.29, 0.717) is 16.7 Å². The molecule has 0 fully saturated rings. The zero-order chi connectivity index (χ0) is 16.0. The summed E-state index contributed by atoms with van der Waals surface area (Å²) in [6.07, 6.45) is 1.57. The van der Waals surface area contributed by atoms with Gasteiger partial charge in [-0.1, -0.05) is 18.7 Å². The van der Waals surface area contributed by atoms with Gasteiger partial charge in [0, 0.05) is 17.7 Å². The van der Waals surface area contributed by atoms with Gasteiger partial charge in [0.05, 0.1) is 0 Å². The molecule has 0 heterocycles. The van der Waals surface area contributed by atoms with Crippen LogP contribution < -0.4 is 5.32 Å². The summed E-state index contributed by atoms with van der Waals surface area (Å²) in [5.74, 6) is -1.80. The highest BCUT2D eigenvalue weighted by Gasteiger charge is 2.10. The molecule has 0 aliphatic rings. The Kier molecular flexibility index (Phi) is 5.84. The predicted molar refractivity (Wildman–Crippen MR) is 79.2 cm³/mol. The number of nitrogens with one attached hydrogen (secondary N) is 1. The minimum Gasteiger partial charge on any atom is -0.478 e. The Hall–Kier alpha value is -2.43. The summed E-state index contributed by atoms with van der Waals surface area (Å²) in [5, 5.41) is 11.7. The van der Waals surface area contributed by atoms with Gasteiger partial charge < -0.3 is 10.4 Å². The van der Waals surface area contributed by atoms with Gasteiger partial charge in [0.15, 0.2) is 0 Å². The van der Waals surface area contributed by atoms with E-state index in [0.717, 1.165) is 0 Å². The maximum atomic E-state index is 13.4. The molecule has 0 atom stereocenters. The molecule has 0 aliphatic heterocycles. The van der Waals surface area contributed by atoms with Crippen LogP contribution in [-0.4, -0.2) is 23.5 Å². The van der Waals surface area contributed by atoms with Gasteiger partial charge in [-0.2, -0.15) is 0 Å². The van der Waals surface area contributed by atoms with E-state index in [1.54, 1.807) is 19.9 Å². The van der Waals surface area contributed by atoms with Crippen LogP contribution in [0.15, 0.2) is 35.9 Å². The summed E-state index contributed by atoms with van der Waals surface area (Å²) in [6.45, 7) is 6.83. The third-order valence-electron chi connectivity index (χ3n) is 2.98. The molecule has 1 rings (SSSR count). The van der Waals surface area contributed by atoms with Crippen molar-refractivity contribution in [2.24, 2.45) is 0 Å². The molecule has 0 unspecified atom stereocenters. The number of carboxylic acids is 1. The number of amides is 1. The molecule has 1 amide bonds. The molecule has 0 saturated heterocycles. The monoisotopic (exact) mass is 291 g/mol. The molecule has 1 aromatic rings. The first-order chi connectivity index (χ1) is 9.82. The molecule has 0 bridgehead atoms. The van der Waals surface area contributed by atoms with Crippen LogP contribution in [0.2, 0.25) is 0 Å². The highest BCUT2D eigenvalue weighted by atomic mass is 19.1. The van der Waals surface area contributed by atoms with Crippen molar-refractivity contribution in [1.82, 2.24) is 5.32 Å². The van der Waals surface area contributed by atoms with Crippen LogP contribution in [0.1, 0.15) is 24.5 Å². The SMILES string of the molecule is C=C(C)C(=O)NCC/C(=C\c1cccc(F)c1C)C(=O)O. The van der Waals surface area contributed by atoms with Gasteiger partial charge in [-0.3, -0.25) is 4.79 Å². The molecule has 0 saturated carbocycles. The average Bonchev–Trinajstić information content (AvgIpc) is 2.41. The molecule has 21 heavy (non-hydrogen) atoms. The summed E-state index contributed by atoms with van der Waals surface area (Å²) >= 11 is 0. The molecule has 0 radical (unpaired) electrons. The molecule has 0 aliphatic carbocycles. The number of carbonyl (C=O) groups excluding carboxylic acids is 1. The second-order valence-corrected chi connectivity index (χ2v) is 4.72. The molecule has 2 N–H and O–H groups in total. The quantitative estimate of drug-likeness (QED) is 0.792. The second kappa shape index (κ2) is 7.38.